The SMILES string of the molecule is O=C(c1cncc(N2CCc3cc(Cl)ccc3C2=O)c1)N1CCC(O)C1. The van der Waals surface area contributed by atoms with Gasteiger partial charge in [-0.1, -0.05) is 11.6 Å². The van der Waals surface area contributed by atoms with Crippen LogP contribution in [0.4, 0.5) is 5.69 Å². The van der Waals surface area contributed by atoms with Crippen LogP contribution in [0.1, 0.15) is 32.7 Å². The van der Waals surface area contributed by atoms with Gasteiger partial charge in [0.2, 0.25) is 0 Å². The largest absolute Gasteiger partial charge is 0.391 e. The highest BCUT2D eigenvalue weighted by molar-refractivity contribution is 6.30. The lowest BCUT2D eigenvalue weighted by Crippen LogP contribution is -2.38. The van der Waals surface area contributed by atoms with Gasteiger partial charge in [0.25, 0.3) is 11.8 Å². The number of carbonyl (C=O) groups is 2. The van der Waals surface area contributed by atoms with E-state index in [0.717, 1.165) is 5.56 Å². The van der Waals surface area contributed by atoms with Crippen molar-refractivity contribution in [1.82, 2.24) is 9.88 Å². The number of rotatable bonds is 2. The number of carbonyl (C=O) groups excluding carboxylic acids is 2. The smallest absolute Gasteiger partial charge is 0.258 e. The molecular weight excluding hydrogens is 354 g/mol. The van der Waals surface area contributed by atoms with Gasteiger partial charge in [-0.25, -0.2) is 0 Å². The zero-order valence-electron chi connectivity index (χ0n) is 14.1. The zero-order chi connectivity index (χ0) is 18.3. The fourth-order valence-corrected chi connectivity index (χ4v) is 3.70. The van der Waals surface area contributed by atoms with E-state index in [1.165, 1.54) is 6.20 Å². The lowest BCUT2D eigenvalue weighted by molar-refractivity contribution is 0.0764. The average Bonchev–Trinajstić information content (AvgIpc) is 3.08. The van der Waals surface area contributed by atoms with Gasteiger partial charge in [0.05, 0.1) is 23.6 Å². The highest BCUT2D eigenvalue weighted by atomic mass is 35.5. The number of aromatic nitrogens is 1. The zero-order valence-corrected chi connectivity index (χ0v) is 14.8. The Morgan fingerprint density at radius 1 is 1.23 bits per heavy atom. The first-order valence-electron chi connectivity index (χ1n) is 8.55. The molecule has 0 radical (unpaired) electrons. The van der Waals surface area contributed by atoms with E-state index in [1.807, 2.05) is 6.07 Å². The molecule has 4 rings (SSSR count). The summed E-state index contributed by atoms with van der Waals surface area (Å²) in [6.07, 6.45) is 3.90. The summed E-state index contributed by atoms with van der Waals surface area (Å²) < 4.78 is 0. The number of nitrogens with zero attached hydrogens (tertiary/aromatic N) is 3. The Labute approximate surface area is 156 Å². The van der Waals surface area contributed by atoms with Crippen LogP contribution in [-0.4, -0.2) is 52.5 Å². The number of likely N-dealkylation sites (tertiary alicyclic amines) is 1. The summed E-state index contributed by atoms with van der Waals surface area (Å²) in [4.78, 5) is 32.8. The third kappa shape index (κ3) is 3.06. The topological polar surface area (TPSA) is 73.7 Å². The number of anilines is 1. The van der Waals surface area contributed by atoms with Crippen molar-refractivity contribution >= 4 is 29.1 Å². The maximum atomic E-state index is 12.8. The van der Waals surface area contributed by atoms with Crippen molar-refractivity contribution in [2.45, 2.75) is 18.9 Å². The molecule has 134 valence electrons. The number of fused-ring (bicyclic) bond motifs is 1. The van der Waals surface area contributed by atoms with E-state index in [-0.39, 0.29) is 11.8 Å². The molecule has 6 nitrogen and oxygen atoms in total. The Morgan fingerprint density at radius 3 is 2.85 bits per heavy atom. The number of hydrogen-bond acceptors (Lipinski definition) is 4. The molecular formula is C19H18ClN3O3. The Bertz CT molecular complexity index is 886. The molecule has 1 aromatic carbocycles. The maximum absolute atomic E-state index is 12.8. The highest BCUT2D eigenvalue weighted by Gasteiger charge is 2.28. The van der Waals surface area contributed by atoms with Crippen LogP contribution >= 0.6 is 11.6 Å². The van der Waals surface area contributed by atoms with Gasteiger partial charge in [-0.2, -0.15) is 0 Å². The van der Waals surface area contributed by atoms with E-state index >= 15 is 0 Å². The maximum Gasteiger partial charge on any atom is 0.258 e. The second-order valence-electron chi connectivity index (χ2n) is 6.63. The number of aliphatic hydroxyl groups excluding tert-OH is 1. The summed E-state index contributed by atoms with van der Waals surface area (Å²) in [5.74, 6) is -0.293. The highest BCUT2D eigenvalue weighted by Crippen LogP contribution is 2.27. The molecule has 0 spiro atoms. The van der Waals surface area contributed by atoms with Gasteiger partial charge < -0.3 is 14.9 Å². The van der Waals surface area contributed by atoms with Crippen LogP contribution in [0.15, 0.2) is 36.7 Å². The number of hydrogen-bond donors (Lipinski definition) is 1. The van der Waals surface area contributed by atoms with Crippen LogP contribution in [0.25, 0.3) is 0 Å². The van der Waals surface area contributed by atoms with E-state index in [1.54, 1.807) is 34.2 Å². The van der Waals surface area contributed by atoms with Gasteiger partial charge >= 0.3 is 0 Å². The van der Waals surface area contributed by atoms with E-state index in [2.05, 4.69) is 4.98 Å². The molecule has 1 N–H and O–H groups in total. The Hall–Kier alpha value is -2.44. The Balaban J connectivity index is 1.60. The van der Waals surface area contributed by atoms with Gasteiger partial charge in [-0.15, -0.1) is 0 Å². The first kappa shape index (κ1) is 17.0. The van der Waals surface area contributed by atoms with Gasteiger partial charge in [0.15, 0.2) is 0 Å². The predicted octanol–water partition coefficient (Wildman–Crippen LogP) is 2.14. The fraction of sp³-hybridized carbons (Fsp3) is 0.316. The van der Waals surface area contributed by atoms with Crippen LogP contribution in [0, 0.1) is 0 Å². The van der Waals surface area contributed by atoms with Crippen molar-refractivity contribution in [1.29, 1.82) is 0 Å². The molecule has 0 aliphatic carbocycles. The summed E-state index contributed by atoms with van der Waals surface area (Å²) in [6, 6.07) is 6.96. The van der Waals surface area contributed by atoms with Gasteiger partial charge in [-0.05, 0) is 42.7 Å². The molecule has 1 fully saturated rings. The predicted molar refractivity (Wildman–Crippen MR) is 97.6 cm³/mol. The van der Waals surface area contributed by atoms with Crippen molar-refractivity contribution in [2.24, 2.45) is 0 Å². The molecule has 2 aromatic rings. The van der Waals surface area contributed by atoms with Crippen molar-refractivity contribution < 1.29 is 14.7 Å². The van der Waals surface area contributed by atoms with Crippen molar-refractivity contribution in [3.63, 3.8) is 0 Å². The first-order valence-corrected chi connectivity index (χ1v) is 8.93. The molecule has 0 bridgehead atoms. The Morgan fingerprint density at radius 2 is 2.08 bits per heavy atom. The standard InChI is InChI=1S/C19H18ClN3O3/c20-14-1-2-17-12(7-14)3-6-23(19(17)26)15-8-13(9-21-10-15)18(25)22-5-4-16(24)11-22/h1-2,7-10,16,24H,3-6,11H2. The number of benzene rings is 1. The molecule has 26 heavy (non-hydrogen) atoms. The summed E-state index contributed by atoms with van der Waals surface area (Å²) in [5.41, 5.74) is 2.58. The van der Waals surface area contributed by atoms with Crippen LogP contribution < -0.4 is 4.90 Å². The molecule has 7 heteroatoms. The molecule has 0 saturated carbocycles. The number of aliphatic hydroxyl groups is 1. The van der Waals surface area contributed by atoms with E-state index in [9.17, 15) is 14.7 Å². The van der Waals surface area contributed by atoms with Crippen molar-refractivity contribution in [3.05, 3.63) is 58.4 Å². The molecule has 1 saturated heterocycles. The third-order valence-electron chi connectivity index (χ3n) is 4.88. The minimum absolute atomic E-state index is 0.120. The first-order chi connectivity index (χ1) is 12.5. The number of halogens is 1. The molecule has 3 heterocycles. The van der Waals surface area contributed by atoms with E-state index < -0.39 is 6.10 Å². The summed E-state index contributed by atoms with van der Waals surface area (Å²) in [5, 5.41) is 10.2. The van der Waals surface area contributed by atoms with Crippen molar-refractivity contribution in [2.75, 3.05) is 24.5 Å². The van der Waals surface area contributed by atoms with Crippen LogP contribution in [-0.2, 0) is 6.42 Å². The minimum Gasteiger partial charge on any atom is -0.391 e. The third-order valence-corrected chi connectivity index (χ3v) is 5.12. The summed E-state index contributed by atoms with van der Waals surface area (Å²) in [7, 11) is 0. The quantitative estimate of drug-likeness (QED) is 0.877. The molecule has 2 aliphatic rings. The number of pyridine rings is 1. The Kier molecular flexibility index (Phi) is 4.38. The van der Waals surface area contributed by atoms with E-state index in [4.69, 9.17) is 11.6 Å². The molecule has 1 unspecified atom stereocenters. The number of amides is 2. The fourth-order valence-electron chi connectivity index (χ4n) is 3.50. The normalized spacial score (nSPS) is 19.6. The molecule has 1 aromatic heterocycles. The van der Waals surface area contributed by atoms with Crippen LogP contribution in [0.2, 0.25) is 5.02 Å². The van der Waals surface area contributed by atoms with Gasteiger partial charge in [0.1, 0.15) is 0 Å². The average molecular weight is 372 g/mol. The molecule has 2 aliphatic heterocycles. The molecule has 2 amide bonds. The lowest BCUT2D eigenvalue weighted by atomic mass is 9.98. The summed E-state index contributed by atoms with van der Waals surface area (Å²) >= 11 is 6.01. The van der Waals surface area contributed by atoms with Gasteiger partial charge in [0, 0.05) is 36.4 Å². The minimum atomic E-state index is -0.470. The lowest BCUT2D eigenvalue weighted by Gasteiger charge is -2.29. The monoisotopic (exact) mass is 371 g/mol. The van der Waals surface area contributed by atoms with Gasteiger partial charge in [-0.3, -0.25) is 14.6 Å². The second kappa shape index (κ2) is 6.70. The van der Waals surface area contributed by atoms with Crippen molar-refractivity contribution in [3.8, 4) is 0 Å². The van der Waals surface area contributed by atoms with Crippen LogP contribution in [0.5, 0.6) is 0 Å². The molecule has 1 atom stereocenters. The number of β-amino-alcohol motifs (C(OH)–C–C–N with tert-alkyl or cyclic N) is 1. The van der Waals surface area contributed by atoms with E-state index in [0.29, 0.717) is 54.3 Å². The second-order valence-corrected chi connectivity index (χ2v) is 7.07. The van der Waals surface area contributed by atoms with Crippen LogP contribution in [0.3, 0.4) is 0 Å². The summed E-state index contributed by atoms with van der Waals surface area (Å²) in [6.45, 7) is 1.37.